The summed E-state index contributed by atoms with van der Waals surface area (Å²) in [4.78, 5) is 17.6. The number of nitrogens with zero attached hydrogens (tertiary/aromatic N) is 1. The first-order valence-electron chi connectivity index (χ1n) is 7.99. The molecular formula is C16H20N4OS3. The highest BCUT2D eigenvalue weighted by Gasteiger charge is 2.22. The van der Waals surface area contributed by atoms with Crippen LogP contribution >= 0.6 is 34.9 Å². The molecule has 5 nitrogen and oxygen atoms in total. The van der Waals surface area contributed by atoms with Gasteiger partial charge in [0.25, 0.3) is 5.91 Å². The maximum absolute atomic E-state index is 12.2. The van der Waals surface area contributed by atoms with Gasteiger partial charge < -0.3 is 5.32 Å². The summed E-state index contributed by atoms with van der Waals surface area (Å²) in [5, 5.41) is 8.35. The Hall–Kier alpha value is -1.51. The molecule has 1 aliphatic carbocycles. The molecule has 2 aromatic rings. The van der Waals surface area contributed by atoms with E-state index in [2.05, 4.69) is 28.1 Å². The molecule has 1 aliphatic rings. The normalized spacial score (nSPS) is 20.4. The van der Waals surface area contributed by atoms with E-state index in [1.54, 1.807) is 16.7 Å². The third-order valence-corrected chi connectivity index (χ3v) is 6.29. The molecule has 0 saturated heterocycles. The quantitative estimate of drug-likeness (QED) is 0.561. The van der Waals surface area contributed by atoms with E-state index in [0.717, 1.165) is 16.3 Å². The topological polar surface area (TPSA) is 66.0 Å². The van der Waals surface area contributed by atoms with Crippen molar-refractivity contribution in [2.45, 2.75) is 38.6 Å². The van der Waals surface area contributed by atoms with E-state index in [1.807, 2.05) is 17.5 Å². The number of amides is 1. The SMILES string of the molecule is CC1CCCCC1NC(=S)NNC(=O)c1csc(-c2cccs2)n1. The number of thiophene rings is 1. The number of thiazole rings is 1. The number of nitrogens with one attached hydrogen (secondary N) is 3. The summed E-state index contributed by atoms with van der Waals surface area (Å²) in [7, 11) is 0. The van der Waals surface area contributed by atoms with Crippen LogP contribution in [0.4, 0.5) is 0 Å². The Morgan fingerprint density at radius 1 is 1.29 bits per heavy atom. The zero-order valence-electron chi connectivity index (χ0n) is 13.4. The van der Waals surface area contributed by atoms with Gasteiger partial charge in [-0.3, -0.25) is 15.6 Å². The van der Waals surface area contributed by atoms with Crippen molar-refractivity contribution in [2.75, 3.05) is 0 Å². The molecule has 0 radical (unpaired) electrons. The zero-order valence-corrected chi connectivity index (χ0v) is 15.8. The molecule has 2 atom stereocenters. The highest BCUT2D eigenvalue weighted by molar-refractivity contribution is 7.80. The van der Waals surface area contributed by atoms with E-state index in [4.69, 9.17) is 12.2 Å². The van der Waals surface area contributed by atoms with Gasteiger partial charge in [0.05, 0.1) is 4.88 Å². The fourth-order valence-corrected chi connectivity index (χ4v) is 4.62. The standard InChI is InChI=1S/C16H20N4OS3/c1-10-5-2-3-6-11(10)18-16(22)20-19-14(21)12-9-24-15(17-12)13-7-4-8-23-13/h4,7-11H,2-3,5-6H2,1H3,(H,19,21)(H2,18,20,22). The summed E-state index contributed by atoms with van der Waals surface area (Å²) in [6.07, 6.45) is 4.85. The van der Waals surface area contributed by atoms with Crippen LogP contribution in [0.15, 0.2) is 22.9 Å². The molecule has 2 unspecified atom stereocenters. The summed E-state index contributed by atoms with van der Waals surface area (Å²) >= 11 is 8.34. The second-order valence-corrected chi connectivity index (χ2v) is 8.15. The summed E-state index contributed by atoms with van der Waals surface area (Å²) in [6.45, 7) is 2.24. The second kappa shape index (κ2) is 8.04. The number of hydrogen-bond donors (Lipinski definition) is 3. The first-order chi connectivity index (χ1) is 11.6. The molecule has 2 heterocycles. The number of hydrogen-bond acceptors (Lipinski definition) is 5. The predicted molar refractivity (Wildman–Crippen MR) is 103 cm³/mol. The van der Waals surface area contributed by atoms with Gasteiger partial charge in [-0.25, -0.2) is 4.98 Å². The number of carbonyl (C=O) groups excluding carboxylic acids is 1. The molecule has 0 spiro atoms. The Kier molecular flexibility index (Phi) is 5.80. The van der Waals surface area contributed by atoms with Crippen molar-refractivity contribution < 1.29 is 4.79 Å². The monoisotopic (exact) mass is 380 g/mol. The first kappa shape index (κ1) is 17.3. The van der Waals surface area contributed by atoms with Gasteiger partial charge in [-0.1, -0.05) is 25.8 Å². The van der Waals surface area contributed by atoms with Crippen LogP contribution in [0.3, 0.4) is 0 Å². The smallest absolute Gasteiger partial charge is 0.289 e. The Morgan fingerprint density at radius 2 is 2.12 bits per heavy atom. The van der Waals surface area contributed by atoms with E-state index in [9.17, 15) is 4.79 Å². The first-order valence-corrected chi connectivity index (χ1v) is 10.2. The number of rotatable bonds is 3. The fraction of sp³-hybridized carbons (Fsp3) is 0.438. The number of hydrazine groups is 1. The maximum atomic E-state index is 12.2. The van der Waals surface area contributed by atoms with Crippen molar-refractivity contribution in [3.63, 3.8) is 0 Å². The maximum Gasteiger partial charge on any atom is 0.289 e. The number of aromatic nitrogens is 1. The van der Waals surface area contributed by atoms with E-state index >= 15 is 0 Å². The lowest BCUT2D eigenvalue weighted by Crippen LogP contribution is -2.51. The summed E-state index contributed by atoms with van der Waals surface area (Å²) in [5.41, 5.74) is 5.79. The molecule has 0 aromatic carbocycles. The van der Waals surface area contributed by atoms with Crippen LogP contribution in [-0.4, -0.2) is 22.0 Å². The molecule has 128 valence electrons. The zero-order chi connectivity index (χ0) is 16.9. The lowest BCUT2D eigenvalue weighted by atomic mass is 9.86. The van der Waals surface area contributed by atoms with Crippen LogP contribution in [0.5, 0.6) is 0 Å². The van der Waals surface area contributed by atoms with Gasteiger partial charge in [0.2, 0.25) is 0 Å². The molecule has 0 bridgehead atoms. The van der Waals surface area contributed by atoms with Crippen molar-refractivity contribution in [2.24, 2.45) is 5.92 Å². The minimum absolute atomic E-state index is 0.283. The number of thiocarbonyl (C=S) groups is 1. The van der Waals surface area contributed by atoms with Gasteiger partial charge in [0, 0.05) is 11.4 Å². The Balaban J connectivity index is 1.49. The Bertz CT molecular complexity index is 698. The molecular weight excluding hydrogens is 360 g/mol. The summed E-state index contributed by atoms with van der Waals surface area (Å²) in [6, 6.07) is 4.34. The number of carbonyl (C=O) groups is 1. The average Bonchev–Trinajstić information content (AvgIpc) is 3.25. The third kappa shape index (κ3) is 4.31. The second-order valence-electron chi connectivity index (χ2n) is 5.94. The molecule has 8 heteroatoms. The minimum Gasteiger partial charge on any atom is -0.358 e. The van der Waals surface area contributed by atoms with Crippen molar-refractivity contribution in [1.82, 2.24) is 21.2 Å². The molecule has 0 aliphatic heterocycles. The molecule has 3 N–H and O–H groups in total. The van der Waals surface area contributed by atoms with Gasteiger partial charge in [-0.05, 0) is 42.4 Å². The highest BCUT2D eigenvalue weighted by atomic mass is 32.1. The molecule has 2 aromatic heterocycles. The van der Waals surface area contributed by atoms with Gasteiger partial charge in [-0.15, -0.1) is 22.7 Å². The summed E-state index contributed by atoms with van der Waals surface area (Å²) < 4.78 is 0. The minimum atomic E-state index is -0.283. The van der Waals surface area contributed by atoms with Gasteiger partial charge >= 0.3 is 0 Å². The molecule has 3 rings (SSSR count). The van der Waals surface area contributed by atoms with E-state index < -0.39 is 0 Å². The van der Waals surface area contributed by atoms with Crippen LogP contribution in [0.1, 0.15) is 43.1 Å². The van der Waals surface area contributed by atoms with Crippen LogP contribution in [0, 0.1) is 5.92 Å². The van der Waals surface area contributed by atoms with Gasteiger partial charge in [0.15, 0.2) is 5.11 Å². The van der Waals surface area contributed by atoms with Gasteiger partial charge in [0.1, 0.15) is 10.7 Å². The molecule has 1 saturated carbocycles. The summed E-state index contributed by atoms with van der Waals surface area (Å²) in [5.74, 6) is 0.316. The van der Waals surface area contributed by atoms with Crippen molar-refractivity contribution in [3.8, 4) is 9.88 Å². The van der Waals surface area contributed by atoms with Crippen molar-refractivity contribution >= 4 is 45.9 Å². The molecule has 1 amide bonds. The lowest BCUT2D eigenvalue weighted by Gasteiger charge is -2.30. The van der Waals surface area contributed by atoms with Gasteiger partial charge in [-0.2, -0.15) is 0 Å². The van der Waals surface area contributed by atoms with Crippen LogP contribution < -0.4 is 16.2 Å². The lowest BCUT2D eigenvalue weighted by molar-refractivity contribution is 0.0939. The van der Waals surface area contributed by atoms with Crippen LogP contribution in [0.2, 0.25) is 0 Å². The van der Waals surface area contributed by atoms with E-state index in [0.29, 0.717) is 22.8 Å². The predicted octanol–water partition coefficient (Wildman–Crippen LogP) is 3.56. The van der Waals surface area contributed by atoms with Crippen LogP contribution in [0.25, 0.3) is 9.88 Å². The van der Waals surface area contributed by atoms with Crippen molar-refractivity contribution in [1.29, 1.82) is 0 Å². The highest BCUT2D eigenvalue weighted by Crippen LogP contribution is 2.27. The van der Waals surface area contributed by atoms with Crippen molar-refractivity contribution in [3.05, 3.63) is 28.6 Å². The average molecular weight is 381 g/mol. The molecule has 24 heavy (non-hydrogen) atoms. The van der Waals surface area contributed by atoms with E-state index in [-0.39, 0.29) is 5.91 Å². The van der Waals surface area contributed by atoms with E-state index in [1.165, 1.54) is 30.6 Å². The molecule has 1 fully saturated rings. The third-order valence-electron chi connectivity index (χ3n) is 4.19. The fourth-order valence-electron chi connectivity index (χ4n) is 2.80. The largest absolute Gasteiger partial charge is 0.358 e. The Labute approximate surface area is 154 Å². The van der Waals surface area contributed by atoms with Crippen LogP contribution in [-0.2, 0) is 0 Å². The Morgan fingerprint density at radius 3 is 2.88 bits per heavy atom.